The molecule has 0 amide bonds. The van der Waals surface area contributed by atoms with Gasteiger partial charge in [0, 0.05) is 18.9 Å². The van der Waals surface area contributed by atoms with Gasteiger partial charge in [-0.1, -0.05) is 0 Å². The van der Waals surface area contributed by atoms with Gasteiger partial charge >= 0.3 is 0 Å². The zero-order valence-electron chi connectivity index (χ0n) is 8.03. The first-order chi connectivity index (χ1) is 6.92. The van der Waals surface area contributed by atoms with Gasteiger partial charge in [0.1, 0.15) is 6.07 Å². The lowest BCUT2D eigenvalue weighted by atomic mass is 9.90. The first-order valence-corrected chi connectivity index (χ1v) is 4.96. The van der Waals surface area contributed by atoms with Crippen molar-refractivity contribution in [2.75, 3.05) is 13.1 Å². The number of aromatic nitrogens is 1. The predicted molar refractivity (Wildman–Crippen MR) is 53.8 cm³/mol. The van der Waals surface area contributed by atoms with E-state index in [1.54, 1.807) is 12.4 Å². The van der Waals surface area contributed by atoms with E-state index in [1.165, 1.54) is 12.8 Å². The molecular formula is C11H13N3. The molecule has 0 spiro atoms. The molecule has 3 nitrogen and oxygen atoms in total. The predicted octanol–water partition coefficient (Wildman–Crippen LogP) is 1.42. The van der Waals surface area contributed by atoms with E-state index in [0.29, 0.717) is 5.92 Å². The summed E-state index contributed by atoms with van der Waals surface area (Å²) in [6, 6.07) is 4.17. The highest BCUT2D eigenvalue weighted by molar-refractivity contribution is 5.37. The number of nitrogens with zero attached hydrogens (tertiary/aromatic N) is 2. The van der Waals surface area contributed by atoms with Crippen LogP contribution < -0.4 is 5.32 Å². The van der Waals surface area contributed by atoms with Crippen LogP contribution in [0.15, 0.2) is 18.5 Å². The van der Waals surface area contributed by atoms with Crippen molar-refractivity contribution in [1.29, 1.82) is 5.26 Å². The lowest BCUT2D eigenvalue weighted by Gasteiger charge is -2.23. The van der Waals surface area contributed by atoms with Crippen molar-refractivity contribution in [2.24, 2.45) is 0 Å². The molecule has 0 saturated carbocycles. The Labute approximate surface area is 83.8 Å². The molecule has 2 rings (SSSR count). The van der Waals surface area contributed by atoms with Crippen LogP contribution in [0.5, 0.6) is 0 Å². The number of piperidine rings is 1. The van der Waals surface area contributed by atoms with Gasteiger partial charge in [-0.05, 0) is 36.9 Å². The maximum atomic E-state index is 8.94. The van der Waals surface area contributed by atoms with Crippen LogP contribution in [0.25, 0.3) is 0 Å². The summed E-state index contributed by atoms with van der Waals surface area (Å²) in [5.41, 5.74) is 1.87. The number of pyridine rings is 1. The third-order valence-corrected chi connectivity index (χ3v) is 2.71. The highest BCUT2D eigenvalue weighted by atomic mass is 14.9. The quantitative estimate of drug-likeness (QED) is 0.723. The fourth-order valence-electron chi connectivity index (χ4n) is 1.97. The zero-order valence-corrected chi connectivity index (χ0v) is 8.03. The summed E-state index contributed by atoms with van der Waals surface area (Å²) in [5, 5.41) is 12.3. The van der Waals surface area contributed by atoms with E-state index in [9.17, 15) is 0 Å². The Balaban J connectivity index is 2.26. The van der Waals surface area contributed by atoms with Crippen molar-refractivity contribution >= 4 is 0 Å². The molecule has 0 aliphatic carbocycles. The lowest BCUT2D eigenvalue weighted by molar-refractivity contribution is 0.461. The van der Waals surface area contributed by atoms with Crippen molar-refractivity contribution in [2.45, 2.75) is 18.8 Å². The molecule has 1 aliphatic rings. The molecule has 1 aromatic heterocycles. The van der Waals surface area contributed by atoms with Gasteiger partial charge in [0.15, 0.2) is 0 Å². The number of nitriles is 1. The number of nitrogens with one attached hydrogen (secondary N) is 1. The Morgan fingerprint density at radius 1 is 1.57 bits per heavy atom. The fraction of sp³-hybridized carbons (Fsp3) is 0.455. The molecule has 1 atom stereocenters. The molecule has 2 heterocycles. The Morgan fingerprint density at radius 3 is 3.21 bits per heavy atom. The summed E-state index contributed by atoms with van der Waals surface area (Å²) < 4.78 is 0. The number of hydrogen-bond acceptors (Lipinski definition) is 3. The molecular weight excluding hydrogens is 174 g/mol. The molecule has 1 N–H and O–H groups in total. The van der Waals surface area contributed by atoms with Crippen molar-refractivity contribution < 1.29 is 0 Å². The van der Waals surface area contributed by atoms with Gasteiger partial charge in [0.25, 0.3) is 0 Å². The topological polar surface area (TPSA) is 48.7 Å². The highest BCUT2D eigenvalue weighted by Crippen LogP contribution is 2.24. The van der Waals surface area contributed by atoms with Gasteiger partial charge in [-0.25, -0.2) is 0 Å². The Bertz CT molecular complexity index is 348. The fourth-order valence-corrected chi connectivity index (χ4v) is 1.97. The summed E-state index contributed by atoms with van der Waals surface area (Å²) >= 11 is 0. The van der Waals surface area contributed by atoms with Crippen LogP contribution in [0.3, 0.4) is 0 Å². The largest absolute Gasteiger partial charge is 0.316 e. The molecule has 1 fully saturated rings. The van der Waals surface area contributed by atoms with Crippen LogP contribution >= 0.6 is 0 Å². The molecule has 3 heteroatoms. The molecule has 0 aromatic carbocycles. The van der Waals surface area contributed by atoms with Gasteiger partial charge < -0.3 is 5.32 Å². The van der Waals surface area contributed by atoms with E-state index in [4.69, 9.17) is 5.26 Å². The third kappa shape index (κ3) is 1.75. The average Bonchev–Trinajstić information content (AvgIpc) is 2.30. The van der Waals surface area contributed by atoms with E-state index in [2.05, 4.69) is 16.4 Å². The third-order valence-electron chi connectivity index (χ3n) is 2.71. The van der Waals surface area contributed by atoms with Crippen molar-refractivity contribution in [3.05, 3.63) is 29.6 Å². The minimum absolute atomic E-state index is 0.487. The smallest absolute Gasteiger partial charge is 0.101 e. The van der Waals surface area contributed by atoms with E-state index >= 15 is 0 Å². The molecule has 1 saturated heterocycles. The van der Waals surface area contributed by atoms with Crippen molar-refractivity contribution in [1.82, 2.24) is 10.3 Å². The molecule has 1 unspecified atom stereocenters. The van der Waals surface area contributed by atoms with Gasteiger partial charge in [0.05, 0.1) is 5.56 Å². The molecule has 0 radical (unpaired) electrons. The summed E-state index contributed by atoms with van der Waals surface area (Å²) in [5.74, 6) is 0.487. The highest BCUT2D eigenvalue weighted by Gasteiger charge is 2.17. The first kappa shape index (κ1) is 9.17. The van der Waals surface area contributed by atoms with Gasteiger partial charge in [-0.15, -0.1) is 0 Å². The number of rotatable bonds is 1. The lowest BCUT2D eigenvalue weighted by Crippen LogP contribution is -2.28. The van der Waals surface area contributed by atoms with E-state index in [-0.39, 0.29) is 0 Å². The normalized spacial score (nSPS) is 21.5. The second kappa shape index (κ2) is 4.21. The minimum Gasteiger partial charge on any atom is -0.316 e. The minimum atomic E-state index is 0.487. The standard InChI is InChI=1S/C11H13N3/c12-6-10-8-14-5-3-11(10)9-2-1-4-13-7-9/h3,5,8-9,13H,1-2,4,7H2. The maximum Gasteiger partial charge on any atom is 0.101 e. The zero-order chi connectivity index (χ0) is 9.80. The van der Waals surface area contributed by atoms with Gasteiger partial charge in [0.2, 0.25) is 0 Å². The second-order valence-corrected chi connectivity index (χ2v) is 3.62. The summed E-state index contributed by atoms with van der Waals surface area (Å²) in [6.45, 7) is 2.09. The molecule has 14 heavy (non-hydrogen) atoms. The van der Waals surface area contributed by atoms with E-state index < -0.39 is 0 Å². The van der Waals surface area contributed by atoms with Gasteiger partial charge in [-0.3, -0.25) is 4.98 Å². The summed E-state index contributed by atoms with van der Waals surface area (Å²) in [4.78, 5) is 3.97. The summed E-state index contributed by atoms with van der Waals surface area (Å²) in [7, 11) is 0. The second-order valence-electron chi connectivity index (χ2n) is 3.62. The Hall–Kier alpha value is -1.40. The maximum absolute atomic E-state index is 8.94. The van der Waals surface area contributed by atoms with Crippen LogP contribution in [0.1, 0.15) is 29.9 Å². The van der Waals surface area contributed by atoms with Crippen molar-refractivity contribution in [3.8, 4) is 6.07 Å². The van der Waals surface area contributed by atoms with Crippen LogP contribution in [0.4, 0.5) is 0 Å². The molecule has 1 aliphatic heterocycles. The Kier molecular flexibility index (Phi) is 2.76. The molecule has 0 bridgehead atoms. The SMILES string of the molecule is N#Cc1cnccc1C1CCCNC1. The van der Waals surface area contributed by atoms with Crippen LogP contribution in [-0.2, 0) is 0 Å². The van der Waals surface area contributed by atoms with Crippen LogP contribution in [0, 0.1) is 11.3 Å². The average molecular weight is 187 g/mol. The first-order valence-electron chi connectivity index (χ1n) is 4.96. The van der Waals surface area contributed by atoms with Crippen LogP contribution in [0.2, 0.25) is 0 Å². The van der Waals surface area contributed by atoms with Crippen LogP contribution in [-0.4, -0.2) is 18.1 Å². The number of hydrogen-bond donors (Lipinski definition) is 1. The van der Waals surface area contributed by atoms with E-state index in [0.717, 1.165) is 24.2 Å². The van der Waals surface area contributed by atoms with E-state index in [1.807, 2.05) is 6.07 Å². The monoisotopic (exact) mass is 187 g/mol. The molecule has 72 valence electrons. The molecule has 1 aromatic rings. The Morgan fingerprint density at radius 2 is 2.50 bits per heavy atom. The van der Waals surface area contributed by atoms with Crippen molar-refractivity contribution in [3.63, 3.8) is 0 Å². The van der Waals surface area contributed by atoms with Gasteiger partial charge in [-0.2, -0.15) is 5.26 Å². The summed E-state index contributed by atoms with van der Waals surface area (Å²) in [6.07, 6.45) is 5.79.